The molecular formula is C12H11F2NO2. The van der Waals surface area contributed by atoms with Crippen LogP contribution in [0.2, 0.25) is 0 Å². The van der Waals surface area contributed by atoms with Gasteiger partial charge in [-0.15, -0.1) is 0 Å². The number of nitrogens with zero attached hydrogens (tertiary/aromatic N) is 1. The Hall–Kier alpha value is -1.78. The molecule has 1 heterocycles. The molecule has 1 aliphatic rings. The zero-order valence-corrected chi connectivity index (χ0v) is 9.03. The van der Waals surface area contributed by atoms with Crippen LogP contribution < -0.4 is 0 Å². The molecule has 0 radical (unpaired) electrons. The first-order valence-corrected chi connectivity index (χ1v) is 5.22. The molecule has 0 aromatic heterocycles. The highest BCUT2D eigenvalue weighted by atomic mass is 19.3. The minimum Gasteiger partial charge on any atom is -0.331 e. The lowest BCUT2D eigenvalue weighted by molar-refractivity contribution is -0.162. The van der Waals surface area contributed by atoms with Crippen molar-refractivity contribution in [1.82, 2.24) is 4.90 Å². The van der Waals surface area contributed by atoms with Crippen LogP contribution in [0.3, 0.4) is 0 Å². The molecule has 1 aromatic rings. The number of amides is 1. The predicted octanol–water partition coefficient (Wildman–Crippen LogP) is 1.62. The fourth-order valence-corrected chi connectivity index (χ4v) is 1.74. The quantitative estimate of drug-likeness (QED) is 0.735. The van der Waals surface area contributed by atoms with Crippen LogP contribution in [0.15, 0.2) is 30.3 Å². The van der Waals surface area contributed by atoms with Gasteiger partial charge in [-0.3, -0.25) is 9.59 Å². The Morgan fingerprint density at radius 2 is 1.82 bits per heavy atom. The molecule has 1 amide bonds. The van der Waals surface area contributed by atoms with Crippen LogP contribution >= 0.6 is 0 Å². The topological polar surface area (TPSA) is 37.4 Å². The number of rotatable bonds is 2. The maximum atomic E-state index is 13.2. The van der Waals surface area contributed by atoms with Gasteiger partial charge in [0.15, 0.2) is 0 Å². The summed E-state index contributed by atoms with van der Waals surface area (Å²) in [7, 11) is 0. The first kappa shape index (κ1) is 11.7. The van der Waals surface area contributed by atoms with Crippen LogP contribution in [0.5, 0.6) is 0 Å². The molecule has 0 atom stereocenters. The maximum absolute atomic E-state index is 13.2. The largest absolute Gasteiger partial charge is 0.331 e. The van der Waals surface area contributed by atoms with Gasteiger partial charge in [-0.2, -0.15) is 8.78 Å². The molecule has 1 aliphatic heterocycles. The van der Waals surface area contributed by atoms with Crippen LogP contribution in [0.25, 0.3) is 0 Å². The summed E-state index contributed by atoms with van der Waals surface area (Å²) in [6, 6.07) is 8.85. The summed E-state index contributed by atoms with van der Waals surface area (Å²) in [5, 5.41) is 0. The van der Waals surface area contributed by atoms with Gasteiger partial charge in [0.2, 0.25) is 11.7 Å². The summed E-state index contributed by atoms with van der Waals surface area (Å²) in [5.41, 5.74) is 0.769. The number of ketones is 1. The van der Waals surface area contributed by atoms with E-state index in [0.717, 1.165) is 10.5 Å². The number of likely N-dealkylation sites (tertiary alicyclic amines) is 1. The molecule has 0 aliphatic carbocycles. The van der Waals surface area contributed by atoms with Crippen molar-refractivity contribution in [3.8, 4) is 0 Å². The highest BCUT2D eigenvalue weighted by Crippen LogP contribution is 2.25. The zero-order valence-electron chi connectivity index (χ0n) is 9.03. The van der Waals surface area contributed by atoms with Crippen LogP contribution in [0.1, 0.15) is 12.0 Å². The van der Waals surface area contributed by atoms with Crippen LogP contribution in [0.4, 0.5) is 8.78 Å². The number of benzene rings is 1. The number of hydrogen-bond acceptors (Lipinski definition) is 2. The third-order valence-electron chi connectivity index (χ3n) is 2.68. The molecule has 2 rings (SSSR count). The van der Waals surface area contributed by atoms with E-state index in [1.165, 1.54) is 0 Å². The Labute approximate surface area is 97.0 Å². The van der Waals surface area contributed by atoms with Gasteiger partial charge in [0.05, 0.1) is 13.0 Å². The fourth-order valence-electron chi connectivity index (χ4n) is 1.74. The standard InChI is InChI=1S/C12H11F2NO2/c13-12(14)8-15(11(17)6-10(12)16)7-9-4-2-1-3-5-9/h1-5H,6-8H2. The van der Waals surface area contributed by atoms with Gasteiger partial charge >= 0.3 is 5.92 Å². The Balaban J connectivity index is 2.11. The molecule has 3 nitrogen and oxygen atoms in total. The molecule has 1 saturated heterocycles. The second kappa shape index (κ2) is 4.24. The van der Waals surface area contributed by atoms with E-state index in [0.29, 0.717) is 0 Å². The van der Waals surface area contributed by atoms with E-state index >= 15 is 0 Å². The number of alkyl halides is 2. The van der Waals surface area contributed by atoms with Crippen molar-refractivity contribution in [3.63, 3.8) is 0 Å². The van der Waals surface area contributed by atoms with E-state index in [9.17, 15) is 18.4 Å². The van der Waals surface area contributed by atoms with E-state index in [-0.39, 0.29) is 6.54 Å². The van der Waals surface area contributed by atoms with Crippen LogP contribution in [-0.4, -0.2) is 29.1 Å². The second-order valence-electron chi connectivity index (χ2n) is 4.04. The first-order valence-electron chi connectivity index (χ1n) is 5.22. The molecule has 0 spiro atoms. The molecule has 90 valence electrons. The lowest BCUT2D eigenvalue weighted by Crippen LogP contribution is -2.51. The molecule has 0 bridgehead atoms. The first-order chi connectivity index (χ1) is 7.99. The summed E-state index contributed by atoms with van der Waals surface area (Å²) in [5.74, 6) is -5.24. The molecule has 0 saturated carbocycles. The summed E-state index contributed by atoms with van der Waals surface area (Å²) in [4.78, 5) is 23.4. The average Bonchev–Trinajstić information content (AvgIpc) is 2.27. The SMILES string of the molecule is O=C1CC(=O)C(F)(F)CN1Cc1ccccc1. The predicted molar refractivity (Wildman–Crippen MR) is 56.4 cm³/mol. The van der Waals surface area contributed by atoms with Gasteiger partial charge < -0.3 is 4.90 Å². The smallest absolute Gasteiger partial charge is 0.322 e. The Kier molecular flexibility index (Phi) is 2.92. The minimum atomic E-state index is -3.41. The van der Waals surface area contributed by atoms with Gasteiger partial charge in [-0.05, 0) is 5.56 Å². The molecule has 1 fully saturated rings. The third-order valence-corrected chi connectivity index (χ3v) is 2.68. The number of hydrogen-bond donors (Lipinski definition) is 0. The second-order valence-corrected chi connectivity index (χ2v) is 4.04. The normalized spacial score (nSPS) is 19.5. The van der Waals surface area contributed by atoms with Crippen LogP contribution in [0, 0.1) is 0 Å². The highest BCUT2D eigenvalue weighted by Gasteiger charge is 2.46. The van der Waals surface area contributed by atoms with Crippen molar-refractivity contribution in [2.24, 2.45) is 0 Å². The Bertz CT molecular complexity index is 445. The zero-order chi connectivity index (χ0) is 12.5. The lowest BCUT2D eigenvalue weighted by atomic mass is 10.0. The number of halogens is 2. The summed E-state index contributed by atoms with van der Waals surface area (Å²) in [6.07, 6.45) is -0.708. The van der Waals surface area contributed by atoms with Crippen molar-refractivity contribution in [2.75, 3.05) is 6.54 Å². The molecule has 5 heteroatoms. The monoisotopic (exact) mass is 239 g/mol. The number of carbonyl (C=O) groups is 2. The van der Waals surface area contributed by atoms with E-state index < -0.39 is 30.6 Å². The van der Waals surface area contributed by atoms with Gasteiger partial charge in [0.1, 0.15) is 0 Å². The Morgan fingerprint density at radius 3 is 2.47 bits per heavy atom. The van der Waals surface area contributed by atoms with Crippen molar-refractivity contribution in [2.45, 2.75) is 18.9 Å². The van der Waals surface area contributed by atoms with Crippen molar-refractivity contribution in [3.05, 3.63) is 35.9 Å². The number of Topliss-reactive ketones (excluding diaryl/α,β-unsaturated/α-hetero) is 1. The van der Waals surface area contributed by atoms with Crippen molar-refractivity contribution >= 4 is 11.7 Å². The van der Waals surface area contributed by atoms with Gasteiger partial charge in [0.25, 0.3) is 0 Å². The van der Waals surface area contributed by atoms with Gasteiger partial charge in [-0.1, -0.05) is 30.3 Å². The van der Waals surface area contributed by atoms with Crippen molar-refractivity contribution in [1.29, 1.82) is 0 Å². The number of carbonyl (C=O) groups excluding carboxylic acids is 2. The number of piperidine rings is 1. The fraction of sp³-hybridized carbons (Fsp3) is 0.333. The minimum absolute atomic E-state index is 0.114. The molecule has 17 heavy (non-hydrogen) atoms. The van der Waals surface area contributed by atoms with Crippen molar-refractivity contribution < 1.29 is 18.4 Å². The van der Waals surface area contributed by atoms with Gasteiger partial charge in [-0.25, -0.2) is 0 Å². The Morgan fingerprint density at radius 1 is 1.18 bits per heavy atom. The summed E-state index contributed by atoms with van der Waals surface area (Å²) >= 11 is 0. The third kappa shape index (κ3) is 2.49. The van der Waals surface area contributed by atoms with E-state index in [1.54, 1.807) is 30.3 Å². The lowest BCUT2D eigenvalue weighted by Gasteiger charge is -2.31. The van der Waals surface area contributed by atoms with E-state index in [4.69, 9.17) is 0 Å². The molecule has 1 aromatic carbocycles. The molecule has 0 unspecified atom stereocenters. The summed E-state index contributed by atoms with van der Waals surface area (Å²) in [6.45, 7) is -0.706. The molecule has 0 N–H and O–H groups in total. The van der Waals surface area contributed by atoms with E-state index in [2.05, 4.69) is 0 Å². The maximum Gasteiger partial charge on any atom is 0.322 e. The van der Waals surface area contributed by atoms with Gasteiger partial charge in [0, 0.05) is 6.54 Å². The summed E-state index contributed by atoms with van der Waals surface area (Å²) < 4.78 is 26.4. The van der Waals surface area contributed by atoms with E-state index in [1.807, 2.05) is 0 Å². The van der Waals surface area contributed by atoms with Crippen LogP contribution in [-0.2, 0) is 16.1 Å². The highest BCUT2D eigenvalue weighted by molar-refractivity contribution is 6.04. The average molecular weight is 239 g/mol. The molecular weight excluding hydrogens is 228 g/mol.